The van der Waals surface area contributed by atoms with Crippen LogP contribution in [0.2, 0.25) is 5.02 Å². The Bertz CT molecular complexity index is 429. The molecule has 0 aliphatic carbocycles. The quantitative estimate of drug-likeness (QED) is 0.839. The van der Waals surface area contributed by atoms with Gasteiger partial charge in [0.25, 0.3) is 0 Å². The third-order valence-electron chi connectivity index (χ3n) is 2.20. The first-order valence-electron chi connectivity index (χ1n) is 5.17. The second-order valence-corrected chi connectivity index (χ2v) is 3.87. The predicted octanol–water partition coefficient (Wildman–Crippen LogP) is 3.22. The largest absolute Gasteiger partial charge is 0.480 e. The Morgan fingerprint density at radius 3 is 2.67 bits per heavy atom. The summed E-state index contributed by atoms with van der Waals surface area (Å²) in [6.45, 7) is -1.24. The summed E-state index contributed by atoms with van der Waals surface area (Å²) < 4.78 is 28.2. The maximum Gasteiger partial charge on any atom is 0.387 e. The SMILES string of the molecule is CCC(Nc1ccc(OC(F)F)c(Cl)c1)C(=O)O. The van der Waals surface area contributed by atoms with Crippen LogP contribution in [0.15, 0.2) is 18.2 Å². The first kappa shape index (κ1) is 14.5. The Morgan fingerprint density at radius 1 is 1.56 bits per heavy atom. The Morgan fingerprint density at radius 2 is 2.22 bits per heavy atom. The van der Waals surface area contributed by atoms with Crippen molar-refractivity contribution in [2.24, 2.45) is 0 Å². The molecule has 1 unspecified atom stereocenters. The molecule has 0 saturated carbocycles. The topological polar surface area (TPSA) is 58.6 Å². The zero-order valence-corrected chi connectivity index (χ0v) is 10.2. The van der Waals surface area contributed by atoms with Gasteiger partial charge in [0.2, 0.25) is 0 Å². The second-order valence-electron chi connectivity index (χ2n) is 3.47. The summed E-state index contributed by atoms with van der Waals surface area (Å²) in [7, 11) is 0. The highest BCUT2D eigenvalue weighted by atomic mass is 35.5. The van der Waals surface area contributed by atoms with Crippen LogP contribution < -0.4 is 10.1 Å². The van der Waals surface area contributed by atoms with Crippen LogP contribution in [0, 0.1) is 0 Å². The first-order valence-corrected chi connectivity index (χ1v) is 5.55. The molecule has 1 aromatic carbocycles. The summed E-state index contributed by atoms with van der Waals surface area (Å²) in [5.74, 6) is -1.15. The highest BCUT2D eigenvalue weighted by molar-refractivity contribution is 6.32. The lowest BCUT2D eigenvalue weighted by molar-refractivity contribution is -0.137. The number of benzene rings is 1. The Balaban J connectivity index is 2.80. The van der Waals surface area contributed by atoms with Gasteiger partial charge in [0.15, 0.2) is 0 Å². The number of rotatable bonds is 6. The van der Waals surface area contributed by atoms with Crippen molar-refractivity contribution in [3.05, 3.63) is 23.2 Å². The van der Waals surface area contributed by atoms with E-state index < -0.39 is 18.6 Å². The molecule has 18 heavy (non-hydrogen) atoms. The van der Waals surface area contributed by atoms with Crippen LogP contribution in [0.5, 0.6) is 5.75 Å². The molecule has 0 saturated heterocycles. The average Bonchev–Trinajstić information content (AvgIpc) is 2.28. The lowest BCUT2D eigenvalue weighted by Crippen LogP contribution is -2.28. The maximum absolute atomic E-state index is 12.0. The molecule has 1 aromatic rings. The van der Waals surface area contributed by atoms with Crippen molar-refractivity contribution in [1.82, 2.24) is 0 Å². The van der Waals surface area contributed by atoms with E-state index >= 15 is 0 Å². The minimum atomic E-state index is -2.95. The van der Waals surface area contributed by atoms with E-state index in [1.54, 1.807) is 6.92 Å². The van der Waals surface area contributed by atoms with E-state index in [0.717, 1.165) is 0 Å². The van der Waals surface area contributed by atoms with Crippen LogP contribution in [0.4, 0.5) is 14.5 Å². The average molecular weight is 280 g/mol. The van der Waals surface area contributed by atoms with Gasteiger partial charge in [-0.2, -0.15) is 8.78 Å². The number of ether oxygens (including phenoxy) is 1. The van der Waals surface area contributed by atoms with E-state index in [1.165, 1.54) is 18.2 Å². The number of anilines is 1. The summed E-state index contributed by atoms with van der Waals surface area (Å²) >= 11 is 5.73. The van der Waals surface area contributed by atoms with Crippen LogP contribution in [-0.4, -0.2) is 23.7 Å². The number of hydrogen-bond acceptors (Lipinski definition) is 3. The smallest absolute Gasteiger partial charge is 0.387 e. The lowest BCUT2D eigenvalue weighted by Gasteiger charge is -2.15. The molecule has 0 fully saturated rings. The van der Waals surface area contributed by atoms with Crippen LogP contribution in [0.25, 0.3) is 0 Å². The van der Waals surface area contributed by atoms with Crippen molar-refractivity contribution < 1.29 is 23.4 Å². The number of carbonyl (C=O) groups is 1. The standard InChI is InChI=1S/C11H12ClF2NO3/c1-2-8(10(16)17)15-6-3-4-9(7(12)5-6)18-11(13)14/h3-5,8,11,15H,2H2,1H3,(H,16,17). The van der Waals surface area contributed by atoms with E-state index in [0.29, 0.717) is 12.1 Å². The third-order valence-corrected chi connectivity index (χ3v) is 2.49. The van der Waals surface area contributed by atoms with Crippen molar-refractivity contribution in [3.8, 4) is 5.75 Å². The van der Waals surface area contributed by atoms with Crippen LogP contribution in [0.1, 0.15) is 13.3 Å². The molecule has 0 spiro atoms. The summed E-state index contributed by atoms with van der Waals surface area (Å²) in [5.41, 5.74) is 0.427. The number of nitrogens with one attached hydrogen (secondary N) is 1. The highest BCUT2D eigenvalue weighted by Gasteiger charge is 2.15. The molecule has 0 aliphatic heterocycles. The number of carboxylic acids is 1. The number of alkyl halides is 2. The molecule has 0 heterocycles. The van der Waals surface area contributed by atoms with Gasteiger partial charge in [-0.15, -0.1) is 0 Å². The summed E-state index contributed by atoms with van der Waals surface area (Å²) in [6.07, 6.45) is 0.377. The van der Waals surface area contributed by atoms with E-state index in [4.69, 9.17) is 16.7 Å². The van der Waals surface area contributed by atoms with Gasteiger partial charge in [0.05, 0.1) is 5.02 Å². The Labute approximate surface area is 108 Å². The summed E-state index contributed by atoms with van der Waals surface area (Å²) in [4.78, 5) is 10.8. The van der Waals surface area contributed by atoms with E-state index in [1.807, 2.05) is 0 Å². The molecule has 0 amide bonds. The van der Waals surface area contributed by atoms with Crippen LogP contribution >= 0.6 is 11.6 Å². The fourth-order valence-corrected chi connectivity index (χ4v) is 1.55. The molecule has 7 heteroatoms. The molecule has 0 bridgehead atoms. The number of halogens is 3. The molecule has 0 aliphatic rings. The van der Waals surface area contributed by atoms with E-state index in [2.05, 4.69) is 10.1 Å². The summed E-state index contributed by atoms with van der Waals surface area (Å²) in [5, 5.41) is 11.6. The summed E-state index contributed by atoms with van der Waals surface area (Å²) in [6, 6.07) is 3.26. The fraction of sp³-hybridized carbons (Fsp3) is 0.364. The van der Waals surface area contributed by atoms with Crippen molar-refractivity contribution in [2.45, 2.75) is 26.0 Å². The molecular weight excluding hydrogens is 268 g/mol. The third kappa shape index (κ3) is 4.03. The normalized spacial score (nSPS) is 12.3. The highest BCUT2D eigenvalue weighted by Crippen LogP contribution is 2.29. The van der Waals surface area contributed by atoms with Crippen LogP contribution in [0.3, 0.4) is 0 Å². The van der Waals surface area contributed by atoms with Gasteiger partial charge in [0.1, 0.15) is 11.8 Å². The minimum absolute atomic E-state index is 0.0134. The van der Waals surface area contributed by atoms with Gasteiger partial charge < -0.3 is 15.2 Å². The molecule has 0 radical (unpaired) electrons. The molecular formula is C11H12ClF2NO3. The van der Waals surface area contributed by atoms with Gasteiger partial charge >= 0.3 is 12.6 Å². The minimum Gasteiger partial charge on any atom is -0.480 e. The Hall–Kier alpha value is -1.56. The van der Waals surface area contributed by atoms with Gasteiger partial charge in [-0.1, -0.05) is 18.5 Å². The monoisotopic (exact) mass is 279 g/mol. The Kier molecular flexibility index (Phi) is 5.15. The molecule has 4 nitrogen and oxygen atoms in total. The molecule has 1 rings (SSSR count). The maximum atomic E-state index is 12.0. The zero-order chi connectivity index (χ0) is 13.7. The lowest BCUT2D eigenvalue weighted by atomic mass is 10.2. The van der Waals surface area contributed by atoms with Gasteiger partial charge in [-0.3, -0.25) is 0 Å². The fourth-order valence-electron chi connectivity index (χ4n) is 1.32. The molecule has 0 aromatic heterocycles. The molecule has 100 valence electrons. The number of hydrogen-bond donors (Lipinski definition) is 2. The van der Waals surface area contributed by atoms with Gasteiger partial charge in [0, 0.05) is 5.69 Å². The van der Waals surface area contributed by atoms with Gasteiger partial charge in [-0.05, 0) is 24.6 Å². The van der Waals surface area contributed by atoms with E-state index in [9.17, 15) is 13.6 Å². The number of aliphatic carboxylic acids is 1. The van der Waals surface area contributed by atoms with Gasteiger partial charge in [-0.25, -0.2) is 4.79 Å². The van der Waals surface area contributed by atoms with Crippen molar-refractivity contribution in [1.29, 1.82) is 0 Å². The van der Waals surface area contributed by atoms with Crippen LogP contribution in [-0.2, 0) is 4.79 Å². The molecule has 1 atom stereocenters. The van der Waals surface area contributed by atoms with Crippen molar-refractivity contribution in [2.75, 3.05) is 5.32 Å². The predicted molar refractivity (Wildman–Crippen MR) is 63.4 cm³/mol. The van der Waals surface area contributed by atoms with E-state index in [-0.39, 0.29) is 10.8 Å². The second kappa shape index (κ2) is 6.39. The van der Waals surface area contributed by atoms with Crippen molar-refractivity contribution >= 4 is 23.3 Å². The first-order chi connectivity index (χ1) is 8.43. The number of carboxylic acid groups (broad SMARTS) is 1. The van der Waals surface area contributed by atoms with Crippen molar-refractivity contribution in [3.63, 3.8) is 0 Å². The molecule has 2 N–H and O–H groups in total. The zero-order valence-electron chi connectivity index (χ0n) is 9.49.